The fraction of sp³-hybridized carbons (Fsp3) is 0.750. The van der Waals surface area contributed by atoms with E-state index in [0.29, 0.717) is 12.8 Å². The molecule has 4 atom stereocenters. The van der Waals surface area contributed by atoms with E-state index in [1.807, 2.05) is 13.8 Å². The van der Waals surface area contributed by atoms with Gasteiger partial charge >= 0.3 is 11.9 Å². The predicted molar refractivity (Wildman–Crippen MR) is 140 cm³/mol. The van der Waals surface area contributed by atoms with Gasteiger partial charge in [-0.25, -0.2) is 9.59 Å². The molecule has 0 rings (SSSR count). The Morgan fingerprint density at radius 3 is 1.29 bits per heavy atom. The van der Waals surface area contributed by atoms with Crippen molar-refractivity contribution in [3.63, 3.8) is 0 Å². The van der Waals surface area contributed by atoms with Gasteiger partial charge in [0, 0.05) is 11.1 Å². The van der Waals surface area contributed by atoms with Crippen LogP contribution in [0.4, 0.5) is 0 Å². The van der Waals surface area contributed by atoms with Gasteiger partial charge in [0.2, 0.25) is 16.6 Å². The van der Waals surface area contributed by atoms with Crippen molar-refractivity contribution in [3.8, 4) is 0 Å². The molecular formula is C24H46O9Si2. The summed E-state index contributed by atoms with van der Waals surface area (Å²) in [5.74, 6) is -1.10. The third-order valence-electron chi connectivity index (χ3n) is 5.31. The van der Waals surface area contributed by atoms with Gasteiger partial charge in [0.05, 0.1) is 24.7 Å². The first-order valence-electron chi connectivity index (χ1n) is 12.0. The van der Waals surface area contributed by atoms with Gasteiger partial charge in [-0.3, -0.25) is 0 Å². The number of aliphatic hydroxyl groups excluding tert-OH is 2. The molecule has 0 aromatic rings. The number of hydrogen-bond donors (Lipinski definition) is 2. The minimum absolute atomic E-state index is 0.0204. The van der Waals surface area contributed by atoms with Crippen molar-refractivity contribution >= 4 is 28.6 Å². The second-order valence-electron chi connectivity index (χ2n) is 9.83. The lowest BCUT2D eigenvalue weighted by Crippen LogP contribution is -2.58. The van der Waals surface area contributed by atoms with Gasteiger partial charge in [-0.1, -0.05) is 27.0 Å². The molecule has 204 valence electrons. The number of hydrogen-bond acceptors (Lipinski definition) is 9. The van der Waals surface area contributed by atoms with Crippen LogP contribution in [0.1, 0.15) is 40.5 Å². The topological polar surface area (TPSA) is 121 Å². The fourth-order valence-electron chi connectivity index (χ4n) is 3.57. The van der Waals surface area contributed by atoms with Crippen molar-refractivity contribution in [2.24, 2.45) is 0 Å². The maximum absolute atomic E-state index is 11.5. The Kier molecular flexibility index (Phi) is 15.1. The van der Waals surface area contributed by atoms with E-state index in [0.717, 1.165) is 0 Å². The van der Waals surface area contributed by atoms with Crippen LogP contribution in [0.3, 0.4) is 0 Å². The average Bonchev–Trinajstić information content (AvgIpc) is 2.74. The second-order valence-corrected chi connectivity index (χ2v) is 18.4. The number of esters is 2. The molecule has 0 aliphatic carbocycles. The molecule has 0 bridgehead atoms. The third kappa shape index (κ3) is 13.0. The molecule has 0 aliphatic heterocycles. The summed E-state index contributed by atoms with van der Waals surface area (Å²) in [6, 6.07) is 0. The van der Waals surface area contributed by atoms with E-state index >= 15 is 0 Å². The van der Waals surface area contributed by atoms with Gasteiger partial charge in [0.1, 0.15) is 25.4 Å². The van der Waals surface area contributed by atoms with E-state index < -0.39 is 40.8 Å². The van der Waals surface area contributed by atoms with E-state index in [-0.39, 0.29) is 49.0 Å². The van der Waals surface area contributed by atoms with Crippen molar-refractivity contribution in [1.29, 1.82) is 0 Å². The largest absolute Gasteiger partial charge is 0.460 e. The van der Waals surface area contributed by atoms with Crippen LogP contribution in [0.15, 0.2) is 24.3 Å². The average molecular weight is 535 g/mol. The summed E-state index contributed by atoms with van der Waals surface area (Å²) >= 11 is 0. The maximum atomic E-state index is 11.5. The molecule has 0 aromatic heterocycles. The van der Waals surface area contributed by atoms with Crippen LogP contribution in [0.25, 0.3) is 0 Å². The molecule has 4 unspecified atom stereocenters. The first-order chi connectivity index (χ1) is 16.1. The van der Waals surface area contributed by atoms with Crippen LogP contribution >= 0.6 is 0 Å². The number of rotatable bonds is 18. The zero-order valence-corrected chi connectivity index (χ0v) is 24.7. The van der Waals surface area contributed by atoms with E-state index in [1.165, 1.54) is 0 Å². The highest BCUT2D eigenvalue weighted by molar-refractivity contribution is 6.86. The van der Waals surface area contributed by atoms with Crippen LogP contribution in [0.5, 0.6) is 0 Å². The van der Waals surface area contributed by atoms with Gasteiger partial charge in [0.15, 0.2) is 0 Å². The van der Waals surface area contributed by atoms with Crippen molar-refractivity contribution in [2.75, 3.05) is 26.4 Å². The Balaban J connectivity index is 4.92. The summed E-state index contributed by atoms with van der Waals surface area (Å²) in [5.41, 5.74) is 0.161. The third-order valence-corrected chi connectivity index (χ3v) is 13.8. The zero-order valence-electron chi connectivity index (χ0n) is 22.7. The van der Waals surface area contributed by atoms with Crippen molar-refractivity contribution in [1.82, 2.24) is 0 Å². The lowest BCUT2D eigenvalue weighted by atomic mass is 10.3. The predicted octanol–water partition coefficient (Wildman–Crippen LogP) is 3.04. The van der Waals surface area contributed by atoms with E-state index in [1.54, 1.807) is 13.8 Å². The second kappa shape index (κ2) is 15.7. The molecule has 0 saturated heterocycles. The minimum atomic E-state index is -2.39. The molecule has 0 aliphatic rings. The molecule has 9 nitrogen and oxygen atoms in total. The quantitative estimate of drug-likeness (QED) is 0.155. The standard InChI is InChI=1S/C24H46O9Si2/c1-11-21(29-13-19(25)15-31-23(27)17(3)4)34(7,8)33-35(9,10)22(12-2)30-14-20(26)16-32-24(28)18(5)6/h19-22,25-26H,3,5,11-16H2,1-2,4,6-10H3. The lowest BCUT2D eigenvalue weighted by molar-refractivity contribution is -0.144. The van der Waals surface area contributed by atoms with Gasteiger partial charge in [-0.05, 0) is 52.9 Å². The van der Waals surface area contributed by atoms with Gasteiger partial charge in [-0.15, -0.1) is 0 Å². The highest BCUT2D eigenvalue weighted by atomic mass is 28.4. The molecule has 35 heavy (non-hydrogen) atoms. The molecule has 0 fully saturated rings. The molecular weight excluding hydrogens is 488 g/mol. The van der Waals surface area contributed by atoms with Crippen LogP contribution in [-0.2, 0) is 32.7 Å². The number of carbonyl (C=O) groups is 2. The van der Waals surface area contributed by atoms with Crippen molar-refractivity contribution in [3.05, 3.63) is 24.3 Å². The SMILES string of the molecule is C=C(C)C(=O)OCC(O)COC(CC)[Si](C)(C)O[Si](C)(C)C(CC)OCC(O)COC(=O)C(=C)C. The van der Waals surface area contributed by atoms with Gasteiger partial charge in [-0.2, -0.15) is 0 Å². The van der Waals surface area contributed by atoms with Crippen molar-refractivity contribution < 1.29 is 42.9 Å². The van der Waals surface area contributed by atoms with E-state index in [4.69, 9.17) is 23.1 Å². The van der Waals surface area contributed by atoms with E-state index in [2.05, 4.69) is 39.3 Å². The van der Waals surface area contributed by atoms with Crippen LogP contribution < -0.4 is 0 Å². The molecule has 11 heteroatoms. The van der Waals surface area contributed by atoms with Gasteiger partial charge in [0.25, 0.3) is 0 Å². The Bertz CT molecular complexity index is 651. The minimum Gasteiger partial charge on any atom is -0.460 e. The Hall–Kier alpha value is -1.35. The highest BCUT2D eigenvalue weighted by Gasteiger charge is 2.43. The summed E-state index contributed by atoms with van der Waals surface area (Å²) in [7, 11) is -4.78. The highest BCUT2D eigenvalue weighted by Crippen LogP contribution is 2.26. The number of aliphatic hydroxyl groups is 2. The van der Waals surface area contributed by atoms with Crippen molar-refractivity contribution in [2.45, 2.75) is 90.4 Å². The number of ether oxygens (including phenoxy) is 4. The summed E-state index contributed by atoms with van der Waals surface area (Å²) in [4.78, 5) is 23.0. The Labute approximate surface area is 212 Å². The Morgan fingerprint density at radius 2 is 1.03 bits per heavy atom. The lowest BCUT2D eigenvalue weighted by Gasteiger charge is -2.42. The normalized spacial score (nSPS) is 15.6. The maximum Gasteiger partial charge on any atom is 0.333 e. The summed E-state index contributed by atoms with van der Waals surface area (Å²) in [6.07, 6.45) is -0.497. The smallest absolute Gasteiger partial charge is 0.333 e. The molecule has 0 radical (unpaired) electrons. The molecule has 0 saturated carbocycles. The fourth-order valence-corrected chi connectivity index (χ4v) is 13.0. The first-order valence-corrected chi connectivity index (χ1v) is 18.0. The summed E-state index contributed by atoms with van der Waals surface area (Å²) < 4.78 is 28.7. The monoisotopic (exact) mass is 534 g/mol. The van der Waals surface area contributed by atoms with Crippen LogP contribution in [-0.4, -0.2) is 88.9 Å². The molecule has 0 spiro atoms. The molecule has 2 N–H and O–H groups in total. The molecule has 0 aromatic carbocycles. The summed E-state index contributed by atoms with van der Waals surface area (Å²) in [5, 5.41) is 20.3. The van der Waals surface area contributed by atoms with Crippen LogP contribution in [0.2, 0.25) is 26.2 Å². The van der Waals surface area contributed by atoms with E-state index in [9.17, 15) is 19.8 Å². The Morgan fingerprint density at radius 1 is 0.714 bits per heavy atom. The molecule has 0 amide bonds. The zero-order chi connectivity index (χ0) is 27.4. The number of carbonyl (C=O) groups excluding carboxylic acids is 2. The molecule has 0 heterocycles. The first kappa shape index (κ1) is 33.7. The summed E-state index contributed by atoms with van der Waals surface area (Å²) in [6.45, 7) is 22.1. The van der Waals surface area contributed by atoms with Gasteiger partial charge < -0.3 is 33.3 Å². The van der Waals surface area contributed by atoms with Crippen LogP contribution in [0, 0.1) is 0 Å².